The predicted molar refractivity (Wildman–Crippen MR) is 316 cm³/mol. The van der Waals surface area contributed by atoms with Crippen LogP contribution in [0.3, 0.4) is 0 Å². The van der Waals surface area contributed by atoms with Crippen molar-refractivity contribution < 1.29 is 28.6 Å². The van der Waals surface area contributed by atoms with Crippen LogP contribution in [-0.4, -0.2) is 37.2 Å². The second-order valence-corrected chi connectivity index (χ2v) is 19.8. The maximum absolute atomic E-state index is 12.8. The molecule has 0 aromatic carbocycles. The molecule has 0 saturated carbocycles. The first kappa shape index (κ1) is 69.1. The summed E-state index contributed by atoms with van der Waals surface area (Å²) < 4.78 is 16.8. The molecule has 0 heterocycles. The van der Waals surface area contributed by atoms with Crippen LogP contribution in [0, 0.1) is 0 Å². The molecule has 1 atom stereocenters. The van der Waals surface area contributed by atoms with Crippen molar-refractivity contribution in [3.63, 3.8) is 0 Å². The molecule has 0 radical (unpaired) electrons. The molecule has 0 spiro atoms. The van der Waals surface area contributed by atoms with Crippen LogP contribution in [0.25, 0.3) is 0 Å². The summed E-state index contributed by atoms with van der Waals surface area (Å²) >= 11 is 0. The summed E-state index contributed by atoms with van der Waals surface area (Å²) in [6, 6.07) is 0. The van der Waals surface area contributed by atoms with Gasteiger partial charge < -0.3 is 14.2 Å². The van der Waals surface area contributed by atoms with Gasteiger partial charge in [0.05, 0.1) is 0 Å². The second kappa shape index (κ2) is 60.6. The molecule has 0 amide bonds. The lowest BCUT2D eigenvalue weighted by Crippen LogP contribution is -2.30. The van der Waals surface area contributed by atoms with E-state index in [0.717, 1.165) is 83.5 Å². The van der Waals surface area contributed by atoms with Crippen LogP contribution in [0.15, 0.2) is 109 Å². The fourth-order valence-corrected chi connectivity index (χ4v) is 8.27. The molecule has 0 bridgehead atoms. The van der Waals surface area contributed by atoms with E-state index in [4.69, 9.17) is 14.2 Å². The van der Waals surface area contributed by atoms with Crippen molar-refractivity contribution in [1.29, 1.82) is 0 Å². The SMILES string of the molecule is CC/C=C\C/C=C\C/C=C\C/C=C\CCCCC(=O)OC(COC(=O)CC/C=C\C/C=C\C/C=C\C/C=C\CC)COC(=O)CCCCCCCCCCCCCCCCC/C=C\CCCCCCCCCC. The third kappa shape index (κ3) is 58.8. The summed E-state index contributed by atoms with van der Waals surface area (Å²) in [5.74, 6) is -1.04. The number of rotatable bonds is 54. The van der Waals surface area contributed by atoms with E-state index in [-0.39, 0.29) is 44.0 Å². The highest BCUT2D eigenvalue weighted by Crippen LogP contribution is 2.16. The molecule has 73 heavy (non-hydrogen) atoms. The number of allylic oxidation sites excluding steroid dienone is 18. The van der Waals surface area contributed by atoms with Crippen molar-refractivity contribution in [1.82, 2.24) is 0 Å². The molecule has 1 unspecified atom stereocenters. The number of ether oxygens (including phenoxy) is 3. The first-order chi connectivity index (χ1) is 36.0. The van der Waals surface area contributed by atoms with Gasteiger partial charge in [-0.25, -0.2) is 0 Å². The first-order valence-electron chi connectivity index (χ1n) is 30.4. The van der Waals surface area contributed by atoms with Crippen molar-refractivity contribution in [3.8, 4) is 0 Å². The zero-order valence-corrected chi connectivity index (χ0v) is 47.6. The van der Waals surface area contributed by atoms with Gasteiger partial charge in [0.1, 0.15) is 13.2 Å². The standard InChI is InChI=1S/C67H112O6/c1-4-7-10-13-16-19-22-25-27-28-29-30-31-32-33-34-35-36-37-38-40-42-45-48-51-54-57-60-66(69)72-63-64(62-71-65(68)59-56-53-50-47-44-41-24-21-18-15-12-9-6-3)73-67(70)61-58-55-52-49-46-43-39-26-23-20-17-14-11-8-5-2/h8-9,11-12,17-18,20-21,26,28-29,39,41,44,46,49-50,53,64H,4-7,10,13-16,19,22-25,27,30-38,40,42-43,45,47-48,51-52,54-63H2,1-3H3/b11-8-,12-9-,20-17-,21-18-,29-28-,39-26-,44-41-,49-46-,53-50-. The van der Waals surface area contributed by atoms with E-state index in [9.17, 15) is 14.4 Å². The highest BCUT2D eigenvalue weighted by atomic mass is 16.6. The van der Waals surface area contributed by atoms with Gasteiger partial charge in [-0.2, -0.15) is 0 Å². The molecule has 0 aliphatic heterocycles. The molecular weight excluding hydrogens is 901 g/mol. The van der Waals surface area contributed by atoms with Gasteiger partial charge in [-0.15, -0.1) is 0 Å². The molecule has 0 rings (SSSR count). The Bertz CT molecular complexity index is 1490. The Morgan fingerprint density at radius 3 is 0.959 bits per heavy atom. The van der Waals surface area contributed by atoms with Crippen LogP contribution in [0.4, 0.5) is 0 Å². The van der Waals surface area contributed by atoms with Gasteiger partial charge in [0, 0.05) is 19.3 Å². The Labute approximate surface area is 450 Å². The van der Waals surface area contributed by atoms with Crippen molar-refractivity contribution in [2.75, 3.05) is 13.2 Å². The molecule has 0 aliphatic carbocycles. The van der Waals surface area contributed by atoms with E-state index < -0.39 is 6.10 Å². The van der Waals surface area contributed by atoms with Gasteiger partial charge in [-0.05, 0) is 109 Å². The molecule has 6 heteroatoms. The van der Waals surface area contributed by atoms with Crippen molar-refractivity contribution in [2.24, 2.45) is 0 Å². The summed E-state index contributed by atoms with van der Waals surface area (Å²) in [5, 5.41) is 0. The Morgan fingerprint density at radius 1 is 0.288 bits per heavy atom. The van der Waals surface area contributed by atoms with Gasteiger partial charge >= 0.3 is 17.9 Å². The summed E-state index contributed by atoms with van der Waals surface area (Å²) in [6.45, 7) is 6.32. The third-order valence-corrected chi connectivity index (χ3v) is 12.8. The number of esters is 3. The quantitative estimate of drug-likeness (QED) is 0.0261. The molecule has 0 aromatic rings. The van der Waals surface area contributed by atoms with E-state index in [2.05, 4.69) is 118 Å². The van der Waals surface area contributed by atoms with E-state index in [1.165, 1.54) is 141 Å². The van der Waals surface area contributed by atoms with Gasteiger partial charge in [-0.1, -0.05) is 259 Å². The van der Waals surface area contributed by atoms with Crippen LogP contribution in [0.5, 0.6) is 0 Å². The second-order valence-electron chi connectivity index (χ2n) is 19.8. The zero-order chi connectivity index (χ0) is 52.9. The van der Waals surface area contributed by atoms with Gasteiger partial charge in [0.25, 0.3) is 0 Å². The average Bonchev–Trinajstić information content (AvgIpc) is 3.39. The van der Waals surface area contributed by atoms with Gasteiger partial charge in [0.15, 0.2) is 6.10 Å². The minimum atomic E-state index is -0.830. The number of unbranched alkanes of at least 4 members (excludes halogenated alkanes) is 25. The minimum Gasteiger partial charge on any atom is -0.462 e. The van der Waals surface area contributed by atoms with Crippen LogP contribution in [0.1, 0.15) is 278 Å². The van der Waals surface area contributed by atoms with Crippen molar-refractivity contribution >= 4 is 17.9 Å². The summed E-state index contributed by atoms with van der Waals surface area (Å²) in [5.41, 5.74) is 0. The molecule has 0 fully saturated rings. The lowest BCUT2D eigenvalue weighted by molar-refractivity contribution is -0.166. The molecule has 0 aliphatic rings. The molecular formula is C67H112O6. The predicted octanol–water partition coefficient (Wildman–Crippen LogP) is 20.7. The Hall–Kier alpha value is -3.93. The highest BCUT2D eigenvalue weighted by molar-refractivity contribution is 5.71. The highest BCUT2D eigenvalue weighted by Gasteiger charge is 2.19. The molecule has 0 aromatic heterocycles. The van der Waals surface area contributed by atoms with Crippen LogP contribution >= 0.6 is 0 Å². The average molecular weight is 1010 g/mol. The fraction of sp³-hybridized carbons (Fsp3) is 0.687. The zero-order valence-electron chi connectivity index (χ0n) is 47.6. The number of hydrogen-bond donors (Lipinski definition) is 0. The normalized spacial score (nSPS) is 12.9. The van der Waals surface area contributed by atoms with Crippen LogP contribution < -0.4 is 0 Å². The Morgan fingerprint density at radius 2 is 0.562 bits per heavy atom. The minimum absolute atomic E-state index is 0.117. The Balaban J connectivity index is 4.32. The molecule has 0 saturated heterocycles. The van der Waals surface area contributed by atoms with Gasteiger partial charge in [0.2, 0.25) is 0 Å². The van der Waals surface area contributed by atoms with Gasteiger partial charge in [-0.3, -0.25) is 14.4 Å². The molecule has 0 N–H and O–H groups in total. The fourth-order valence-electron chi connectivity index (χ4n) is 8.27. The number of carbonyl (C=O) groups is 3. The lowest BCUT2D eigenvalue weighted by Gasteiger charge is -2.18. The van der Waals surface area contributed by atoms with Crippen LogP contribution in [0.2, 0.25) is 0 Å². The maximum Gasteiger partial charge on any atom is 0.306 e. The van der Waals surface area contributed by atoms with Crippen molar-refractivity contribution in [3.05, 3.63) is 109 Å². The summed E-state index contributed by atoms with van der Waals surface area (Å²) in [6.07, 6.45) is 82.7. The topological polar surface area (TPSA) is 78.9 Å². The number of carbonyl (C=O) groups excluding carboxylic acids is 3. The maximum atomic E-state index is 12.8. The van der Waals surface area contributed by atoms with E-state index >= 15 is 0 Å². The molecule has 416 valence electrons. The largest absolute Gasteiger partial charge is 0.462 e. The number of hydrogen-bond acceptors (Lipinski definition) is 6. The smallest absolute Gasteiger partial charge is 0.306 e. The summed E-state index contributed by atoms with van der Waals surface area (Å²) in [4.78, 5) is 38.1. The third-order valence-electron chi connectivity index (χ3n) is 12.8. The summed E-state index contributed by atoms with van der Waals surface area (Å²) in [7, 11) is 0. The first-order valence-corrected chi connectivity index (χ1v) is 30.4. The van der Waals surface area contributed by atoms with E-state index in [1.807, 2.05) is 12.2 Å². The molecule has 6 nitrogen and oxygen atoms in total. The van der Waals surface area contributed by atoms with Crippen LogP contribution in [-0.2, 0) is 28.6 Å². The monoisotopic (exact) mass is 1010 g/mol. The lowest BCUT2D eigenvalue weighted by atomic mass is 10.0. The van der Waals surface area contributed by atoms with Crippen molar-refractivity contribution in [2.45, 2.75) is 284 Å². The van der Waals surface area contributed by atoms with E-state index in [0.29, 0.717) is 19.3 Å². The van der Waals surface area contributed by atoms with E-state index in [1.54, 1.807) is 0 Å². The Kier molecular flexibility index (Phi) is 57.4.